The number of ketones is 1. The molecule has 1 unspecified atom stereocenters. The molecule has 1 aromatic rings. The summed E-state index contributed by atoms with van der Waals surface area (Å²) < 4.78 is 52.7. The van der Waals surface area contributed by atoms with Gasteiger partial charge in [-0.15, -0.1) is 6.58 Å². The molecule has 0 aromatic heterocycles. The minimum atomic E-state index is -3.97. The second-order valence-corrected chi connectivity index (χ2v) is 16.7. The van der Waals surface area contributed by atoms with Crippen LogP contribution >= 0.6 is 0 Å². The van der Waals surface area contributed by atoms with E-state index in [1.54, 1.807) is 26.8 Å². The summed E-state index contributed by atoms with van der Waals surface area (Å²) in [6, 6.07) is 1.54. The Morgan fingerprint density at radius 3 is 2.40 bits per heavy atom. The molecule has 5 atom stereocenters. The third-order valence-electron chi connectivity index (χ3n) is 9.40. The zero-order valence-corrected chi connectivity index (χ0v) is 30.3. The van der Waals surface area contributed by atoms with Gasteiger partial charge in [0.15, 0.2) is 5.78 Å². The van der Waals surface area contributed by atoms with Gasteiger partial charge in [-0.2, -0.15) is 0 Å². The number of sulfonamides is 1. The van der Waals surface area contributed by atoms with Crippen molar-refractivity contribution >= 4 is 45.7 Å². The van der Waals surface area contributed by atoms with E-state index in [1.807, 2.05) is 0 Å². The number of allylic oxidation sites excluding steroid dienone is 1. The lowest BCUT2D eigenvalue weighted by Gasteiger charge is -2.30. The largest absolute Gasteiger partial charge is 0.444 e. The maximum absolute atomic E-state index is 14.4. The van der Waals surface area contributed by atoms with Crippen LogP contribution in [0.4, 0.5) is 14.0 Å². The number of hydrogen-bond donors (Lipinski definition) is 3. The predicted molar refractivity (Wildman–Crippen MR) is 183 cm³/mol. The highest BCUT2D eigenvalue weighted by Crippen LogP contribution is 2.45. The fraction of sp³-hybridized carbons (Fsp3) is 0.543. The van der Waals surface area contributed by atoms with Crippen LogP contribution < -0.4 is 15.4 Å². The second kappa shape index (κ2) is 14.3. The Morgan fingerprint density at radius 1 is 1.13 bits per heavy atom. The van der Waals surface area contributed by atoms with Crippen LogP contribution in [0.15, 0.2) is 43.0 Å². The molecule has 17 heteroatoms. The molecule has 1 saturated heterocycles. The molecule has 15 nitrogen and oxygen atoms in total. The van der Waals surface area contributed by atoms with E-state index in [4.69, 9.17) is 9.47 Å². The van der Waals surface area contributed by atoms with Crippen LogP contribution in [0, 0.1) is 11.7 Å². The summed E-state index contributed by atoms with van der Waals surface area (Å²) in [6.07, 6.45) is -1.48. The summed E-state index contributed by atoms with van der Waals surface area (Å²) >= 11 is 0. The summed E-state index contributed by atoms with van der Waals surface area (Å²) in [5, 5.41) is 4.33. The average molecular weight is 746 g/mol. The van der Waals surface area contributed by atoms with Crippen molar-refractivity contribution in [3.05, 3.63) is 60.0 Å². The highest BCUT2D eigenvalue weighted by Gasteiger charge is 2.62. The number of nitrogens with one attached hydrogen (secondary N) is 3. The Labute approximate surface area is 301 Å². The molecule has 2 heterocycles. The van der Waals surface area contributed by atoms with Crippen molar-refractivity contribution in [3.8, 4) is 0 Å². The van der Waals surface area contributed by atoms with Crippen LogP contribution in [-0.4, -0.2) is 95.0 Å². The normalized spacial score (nSPS) is 24.2. The Balaban J connectivity index is 1.39. The zero-order chi connectivity index (χ0) is 38.3. The van der Waals surface area contributed by atoms with E-state index in [1.165, 1.54) is 30.0 Å². The molecule has 1 aromatic carbocycles. The van der Waals surface area contributed by atoms with E-state index in [9.17, 15) is 41.6 Å². The van der Waals surface area contributed by atoms with Crippen molar-refractivity contribution in [2.24, 2.45) is 5.92 Å². The Hall–Kier alpha value is -4.80. The van der Waals surface area contributed by atoms with Gasteiger partial charge in [-0.25, -0.2) is 22.4 Å². The van der Waals surface area contributed by atoms with E-state index < -0.39 is 98.4 Å². The summed E-state index contributed by atoms with van der Waals surface area (Å²) in [5.74, 6) is -4.37. The number of amides is 5. The van der Waals surface area contributed by atoms with E-state index in [0.717, 1.165) is 4.90 Å². The molecule has 2 aliphatic carbocycles. The van der Waals surface area contributed by atoms with E-state index in [0.29, 0.717) is 24.0 Å². The van der Waals surface area contributed by atoms with Gasteiger partial charge in [0.25, 0.3) is 5.91 Å². The third-order valence-corrected chi connectivity index (χ3v) is 11.2. The number of carbonyl (C=O) groups excluding carboxylic acids is 6. The fourth-order valence-corrected chi connectivity index (χ4v) is 7.69. The van der Waals surface area contributed by atoms with E-state index in [2.05, 4.69) is 28.5 Å². The third kappa shape index (κ3) is 8.45. The predicted octanol–water partition coefficient (Wildman–Crippen LogP) is 2.35. The van der Waals surface area contributed by atoms with Crippen molar-refractivity contribution in [2.75, 3.05) is 6.54 Å². The fourth-order valence-electron chi connectivity index (χ4n) is 6.33. The summed E-state index contributed by atoms with van der Waals surface area (Å²) in [6.45, 7) is 13.2. The molecule has 0 bridgehead atoms. The van der Waals surface area contributed by atoms with Gasteiger partial charge in [-0.1, -0.05) is 24.8 Å². The molecule has 2 aliphatic heterocycles. The number of benzene rings is 1. The van der Waals surface area contributed by atoms with Gasteiger partial charge in [-0.3, -0.25) is 28.8 Å². The molecule has 0 spiro atoms. The van der Waals surface area contributed by atoms with Crippen molar-refractivity contribution < 1.29 is 51.0 Å². The van der Waals surface area contributed by atoms with Crippen LogP contribution in [0.2, 0.25) is 0 Å². The number of likely N-dealkylation sites (tertiary alicyclic amines) is 1. The van der Waals surface area contributed by atoms with Crippen LogP contribution in [0.1, 0.15) is 70.9 Å². The van der Waals surface area contributed by atoms with Gasteiger partial charge in [-0.05, 0) is 64.2 Å². The Morgan fingerprint density at radius 2 is 1.83 bits per heavy atom. The zero-order valence-electron chi connectivity index (χ0n) is 29.5. The Bertz CT molecular complexity index is 1820. The number of carbonyl (C=O) groups is 6. The number of halogens is 1. The molecule has 5 amide bonds. The van der Waals surface area contributed by atoms with Crippen LogP contribution in [0.3, 0.4) is 0 Å². The van der Waals surface area contributed by atoms with E-state index >= 15 is 0 Å². The van der Waals surface area contributed by atoms with Gasteiger partial charge in [0.2, 0.25) is 21.8 Å². The Kier molecular flexibility index (Phi) is 10.6. The number of alkyl carbamates (subject to hydrolysis) is 1. The van der Waals surface area contributed by atoms with Crippen molar-refractivity contribution in [1.29, 1.82) is 0 Å². The summed E-state index contributed by atoms with van der Waals surface area (Å²) in [7, 11) is -3.97. The highest BCUT2D eigenvalue weighted by molar-refractivity contribution is 7.91. The van der Waals surface area contributed by atoms with Crippen LogP contribution in [0.25, 0.3) is 0 Å². The molecule has 2 saturated carbocycles. The molecule has 3 N–H and O–H groups in total. The molecule has 52 heavy (non-hydrogen) atoms. The molecule has 282 valence electrons. The topological polar surface area (TPSA) is 198 Å². The first-order chi connectivity index (χ1) is 24.2. The first kappa shape index (κ1) is 38.4. The summed E-state index contributed by atoms with van der Waals surface area (Å²) in [5.41, 5.74) is -1.60. The quantitative estimate of drug-likeness (QED) is 0.211. The van der Waals surface area contributed by atoms with Crippen molar-refractivity contribution in [2.45, 2.75) is 107 Å². The van der Waals surface area contributed by atoms with Crippen molar-refractivity contribution in [3.63, 3.8) is 0 Å². The number of hydrogen-bond acceptors (Lipinski definition) is 10. The smallest absolute Gasteiger partial charge is 0.410 e. The second-order valence-electron chi connectivity index (χ2n) is 14.8. The molecular weight excluding hydrogens is 701 g/mol. The number of ether oxygens (including phenoxy) is 2. The minimum Gasteiger partial charge on any atom is -0.444 e. The molecule has 5 rings (SSSR count). The van der Waals surface area contributed by atoms with Gasteiger partial charge >= 0.3 is 12.2 Å². The van der Waals surface area contributed by atoms with Crippen molar-refractivity contribution in [1.82, 2.24) is 25.2 Å². The minimum absolute atomic E-state index is 0.0371. The lowest BCUT2D eigenvalue weighted by atomic mass is 10.0. The SMILES string of the molecule is C=C[C@@H]1C[C@]1(NC(=O)C1C[C@@H](OC(=O)N2Cc3cccc(F)c3C2)CN1C(=O)[C@H](CC(=O)C(=C)C)NC(=O)OC(C)(C)C)C(=O)NS(=O)(=O)C1CC1. The van der Waals surface area contributed by atoms with E-state index in [-0.39, 0.29) is 38.0 Å². The number of Topliss-reactive ketones (excluding diaryl/α,β-unsaturated/α-hetero) is 1. The molecule has 4 aliphatic rings. The molecule has 3 fully saturated rings. The van der Waals surface area contributed by atoms with Crippen LogP contribution in [0.5, 0.6) is 0 Å². The molecular formula is C35H44FN5O10S. The maximum Gasteiger partial charge on any atom is 0.410 e. The monoisotopic (exact) mass is 745 g/mol. The van der Waals surface area contributed by atoms with Gasteiger partial charge in [0.1, 0.15) is 35.1 Å². The van der Waals surface area contributed by atoms with Crippen LogP contribution in [-0.2, 0) is 51.8 Å². The number of rotatable bonds is 12. The van der Waals surface area contributed by atoms with Gasteiger partial charge in [0, 0.05) is 30.9 Å². The highest BCUT2D eigenvalue weighted by atomic mass is 32.2. The standard InChI is InChI=1S/C35H44FN5O10S/c1-7-21-15-35(21,31(45)39-52(48,49)23-11-12-23)38-29(43)27-13-22(50-33(47)40-16-20-9-8-10-25(36)24(20)18-40)17-41(27)30(44)26(14-28(42)19(2)3)37-32(46)51-34(4,5)6/h7-10,21-23,26-27H,1-2,11-18H2,3-6H3,(H,37,46)(H,38,43)(H,39,45)/t21-,22-,26+,27?,35-/m1/s1. The number of fused-ring (bicyclic) bond motifs is 1. The van der Waals surface area contributed by atoms with Gasteiger partial charge in [0.05, 0.1) is 18.3 Å². The van der Waals surface area contributed by atoms with Gasteiger partial charge < -0.3 is 25.0 Å². The average Bonchev–Trinajstić information content (AvgIpc) is 3.94. The summed E-state index contributed by atoms with van der Waals surface area (Å²) in [4.78, 5) is 82.9. The number of nitrogens with zero attached hydrogens (tertiary/aromatic N) is 2. The molecule has 0 radical (unpaired) electrons. The first-order valence-corrected chi connectivity index (χ1v) is 18.5. The maximum atomic E-state index is 14.4. The first-order valence-electron chi connectivity index (χ1n) is 17.0. The lowest BCUT2D eigenvalue weighted by Crippen LogP contribution is -2.58. The lowest BCUT2D eigenvalue weighted by molar-refractivity contribution is -0.141.